The molecule has 1 fully saturated rings. The Hall–Kier alpha value is -1.94. The lowest BCUT2D eigenvalue weighted by Crippen LogP contribution is -2.31. The molecule has 2 aromatic heterocycles. The van der Waals surface area contributed by atoms with Gasteiger partial charge in [0.1, 0.15) is 5.82 Å². The maximum atomic E-state index is 5.45. The zero-order chi connectivity index (χ0) is 14.7. The molecule has 0 unspecified atom stereocenters. The Bertz CT molecular complexity index is 607. The number of piperidine rings is 1. The highest BCUT2D eigenvalue weighted by Gasteiger charge is 2.17. The highest BCUT2D eigenvalue weighted by atomic mass is 32.2. The molecular formula is C11H17N9S. The smallest absolute Gasteiger partial charge is 0.242 e. The summed E-state index contributed by atoms with van der Waals surface area (Å²) >= 11 is 1.28. The van der Waals surface area contributed by atoms with Gasteiger partial charge in [0.2, 0.25) is 22.2 Å². The maximum Gasteiger partial charge on any atom is 0.242 e. The highest BCUT2D eigenvalue weighted by Crippen LogP contribution is 2.24. The SMILES string of the molecule is Cc1nc(Sc2nc(NN)nc(N3CCCCC3)n2)n[nH]1. The minimum absolute atomic E-state index is 0.348. The number of hydrogen-bond donors (Lipinski definition) is 3. The first-order chi connectivity index (χ1) is 10.2. The molecule has 0 amide bonds. The van der Waals surface area contributed by atoms with Crippen molar-refractivity contribution in [2.24, 2.45) is 5.84 Å². The molecule has 1 aliphatic heterocycles. The summed E-state index contributed by atoms with van der Waals surface area (Å²) in [6.45, 7) is 3.76. The number of nitrogens with zero attached hydrogens (tertiary/aromatic N) is 6. The average Bonchev–Trinajstić information content (AvgIpc) is 2.93. The fourth-order valence-electron chi connectivity index (χ4n) is 2.14. The molecule has 3 heterocycles. The number of anilines is 2. The highest BCUT2D eigenvalue weighted by molar-refractivity contribution is 7.99. The molecule has 0 saturated carbocycles. The Balaban J connectivity index is 1.85. The van der Waals surface area contributed by atoms with Crippen LogP contribution >= 0.6 is 11.8 Å². The van der Waals surface area contributed by atoms with Gasteiger partial charge in [-0.3, -0.25) is 10.5 Å². The van der Waals surface area contributed by atoms with Crippen molar-refractivity contribution < 1.29 is 0 Å². The average molecular weight is 307 g/mol. The third kappa shape index (κ3) is 3.39. The second-order valence-electron chi connectivity index (χ2n) is 4.74. The van der Waals surface area contributed by atoms with Crippen LogP contribution < -0.4 is 16.2 Å². The van der Waals surface area contributed by atoms with E-state index in [-0.39, 0.29) is 0 Å². The molecule has 0 atom stereocenters. The number of nitrogen functional groups attached to an aromatic ring is 1. The second kappa shape index (κ2) is 6.22. The summed E-state index contributed by atoms with van der Waals surface area (Å²) < 4.78 is 0. The number of rotatable bonds is 4. The minimum Gasteiger partial charge on any atom is -0.341 e. The van der Waals surface area contributed by atoms with Gasteiger partial charge >= 0.3 is 0 Å². The van der Waals surface area contributed by atoms with Crippen LogP contribution in [0, 0.1) is 6.92 Å². The van der Waals surface area contributed by atoms with Gasteiger partial charge in [-0.05, 0) is 37.9 Å². The number of nitrogens with one attached hydrogen (secondary N) is 2. The van der Waals surface area contributed by atoms with Crippen LogP contribution in [0.3, 0.4) is 0 Å². The van der Waals surface area contributed by atoms with Crippen LogP contribution in [0.15, 0.2) is 10.3 Å². The number of aromatic nitrogens is 6. The number of H-pyrrole nitrogens is 1. The molecule has 0 radical (unpaired) electrons. The fraction of sp³-hybridized carbons (Fsp3) is 0.545. The molecule has 0 spiro atoms. The van der Waals surface area contributed by atoms with E-state index in [1.807, 2.05) is 6.92 Å². The molecular weight excluding hydrogens is 290 g/mol. The summed E-state index contributed by atoms with van der Waals surface area (Å²) in [6.07, 6.45) is 3.56. The van der Waals surface area contributed by atoms with Gasteiger partial charge in [-0.15, -0.1) is 5.10 Å². The topological polar surface area (TPSA) is 122 Å². The number of hydrazine groups is 1. The van der Waals surface area contributed by atoms with E-state index in [4.69, 9.17) is 5.84 Å². The molecule has 0 bridgehead atoms. The van der Waals surface area contributed by atoms with Gasteiger partial charge in [0.05, 0.1) is 0 Å². The lowest BCUT2D eigenvalue weighted by Gasteiger charge is -2.26. The first kappa shape index (κ1) is 14.0. The van der Waals surface area contributed by atoms with Gasteiger partial charge in [0.25, 0.3) is 0 Å². The van der Waals surface area contributed by atoms with E-state index in [1.165, 1.54) is 18.2 Å². The number of aromatic amines is 1. The predicted octanol–water partition coefficient (Wildman–Crippen LogP) is 0.725. The quantitative estimate of drug-likeness (QED) is 0.554. The maximum absolute atomic E-state index is 5.45. The third-order valence-electron chi connectivity index (χ3n) is 3.13. The molecule has 1 aliphatic rings. The normalized spacial score (nSPS) is 15.2. The number of nitrogens with two attached hydrogens (primary N) is 1. The van der Waals surface area contributed by atoms with Crippen molar-refractivity contribution in [1.82, 2.24) is 30.1 Å². The van der Waals surface area contributed by atoms with E-state index in [0.29, 0.717) is 22.2 Å². The zero-order valence-corrected chi connectivity index (χ0v) is 12.5. The summed E-state index contributed by atoms with van der Waals surface area (Å²) in [6, 6.07) is 0. The molecule has 0 aromatic carbocycles. The van der Waals surface area contributed by atoms with Crippen molar-refractivity contribution in [2.45, 2.75) is 36.5 Å². The van der Waals surface area contributed by atoms with E-state index >= 15 is 0 Å². The van der Waals surface area contributed by atoms with Gasteiger partial charge in [0, 0.05) is 13.1 Å². The lowest BCUT2D eigenvalue weighted by atomic mass is 10.1. The van der Waals surface area contributed by atoms with Crippen LogP contribution in [0.2, 0.25) is 0 Å². The monoisotopic (exact) mass is 307 g/mol. The predicted molar refractivity (Wildman–Crippen MR) is 78.9 cm³/mol. The largest absolute Gasteiger partial charge is 0.341 e. The van der Waals surface area contributed by atoms with Crippen molar-refractivity contribution in [3.8, 4) is 0 Å². The Labute approximate surface area is 126 Å². The summed E-state index contributed by atoms with van der Waals surface area (Å²) in [5.41, 5.74) is 2.49. The summed E-state index contributed by atoms with van der Waals surface area (Å²) in [5, 5.41) is 7.96. The molecule has 1 saturated heterocycles. The van der Waals surface area contributed by atoms with Gasteiger partial charge in [-0.25, -0.2) is 10.8 Å². The van der Waals surface area contributed by atoms with E-state index in [1.54, 1.807) is 0 Å². The van der Waals surface area contributed by atoms with Crippen molar-refractivity contribution in [3.05, 3.63) is 5.82 Å². The van der Waals surface area contributed by atoms with Crippen LogP contribution in [0.25, 0.3) is 0 Å². The summed E-state index contributed by atoms with van der Waals surface area (Å²) in [4.78, 5) is 19.4. The van der Waals surface area contributed by atoms with Crippen molar-refractivity contribution in [1.29, 1.82) is 0 Å². The van der Waals surface area contributed by atoms with E-state index in [2.05, 4.69) is 40.5 Å². The first-order valence-electron chi connectivity index (χ1n) is 6.79. The van der Waals surface area contributed by atoms with Crippen LogP contribution in [-0.2, 0) is 0 Å². The van der Waals surface area contributed by atoms with Crippen molar-refractivity contribution in [3.63, 3.8) is 0 Å². The van der Waals surface area contributed by atoms with E-state index in [9.17, 15) is 0 Å². The van der Waals surface area contributed by atoms with Crippen molar-refractivity contribution >= 4 is 23.7 Å². The Morgan fingerprint density at radius 2 is 1.90 bits per heavy atom. The van der Waals surface area contributed by atoms with Crippen LogP contribution in [0.1, 0.15) is 25.1 Å². The van der Waals surface area contributed by atoms with Crippen LogP contribution in [-0.4, -0.2) is 43.2 Å². The fourth-order valence-corrected chi connectivity index (χ4v) is 2.84. The van der Waals surface area contributed by atoms with Gasteiger partial charge in [-0.1, -0.05) is 0 Å². The van der Waals surface area contributed by atoms with Crippen molar-refractivity contribution in [2.75, 3.05) is 23.4 Å². The third-order valence-corrected chi connectivity index (χ3v) is 3.86. The Morgan fingerprint density at radius 1 is 1.10 bits per heavy atom. The van der Waals surface area contributed by atoms with Crippen LogP contribution in [0.4, 0.5) is 11.9 Å². The number of hydrogen-bond acceptors (Lipinski definition) is 9. The molecule has 4 N–H and O–H groups in total. The Morgan fingerprint density at radius 3 is 2.57 bits per heavy atom. The van der Waals surface area contributed by atoms with Gasteiger partial charge < -0.3 is 4.90 Å². The molecule has 0 aliphatic carbocycles. The summed E-state index contributed by atoms with van der Waals surface area (Å²) in [7, 11) is 0. The van der Waals surface area contributed by atoms with Crippen LogP contribution in [0.5, 0.6) is 0 Å². The van der Waals surface area contributed by atoms with E-state index in [0.717, 1.165) is 31.8 Å². The molecule has 21 heavy (non-hydrogen) atoms. The molecule has 3 rings (SSSR count). The lowest BCUT2D eigenvalue weighted by molar-refractivity contribution is 0.565. The van der Waals surface area contributed by atoms with Gasteiger partial charge in [0.15, 0.2) is 0 Å². The van der Waals surface area contributed by atoms with Gasteiger partial charge in [-0.2, -0.15) is 15.0 Å². The Kier molecular flexibility index (Phi) is 4.15. The summed E-state index contributed by atoms with van der Waals surface area (Å²) in [5.74, 6) is 7.19. The molecule has 9 nitrogen and oxygen atoms in total. The van der Waals surface area contributed by atoms with E-state index < -0.39 is 0 Å². The first-order valence-corrected chi connectivity index (χ1v) is 7.61. The standard InChI is InChI=1S/C11H17N9S/c1-7-13-11(19-18-7)21-10-15-8(17-12)14-9(16-10)20-5-3-2-4-6-20/h2-6,12H2,1H3,(H,13,18,19)(H,14,15,16,17). The number of aryl methyl sites for hydroxylation is 1. The molecule has 2 aromatic rings. The minimum atomic E-state index is 0.348. The zero-order valence-electron chi connectivity index (χ0n) is 11.7. The molecule has 112 valence electrons. The molecule has 10 heteroatoms. The second-order valence-corrected chi connectivity index (χ2v) is 5.67.